The molecule has 2 heterocycles. The number of carbonyl (C=O) groups excluding carboxylic acids is 1. The molecular weight excluding hydrogens is 348 g/mol. The minimum Gasteiger partial charge on any atom is -0.368 e. The molecule has 0 bridgehead atoms. The van der Waals surface area contributed by atoms with Gasteiger partial charge in [-0.25, -0.2) is 4.98 Å². The van der Waals surface area contributed by atoms with Gasteiger partial charge < -0.3 is 15.1 Å². The number of anilines is 3. The maximum absolute atomic E-state index is 11.8. The van der Waals surface area contributed by atoms with Gasteiger partial charge in [0.25, 0.3) is 0 Å². The maximum Gasteiger partial charge on any atom is 0.224 e. The van der Waals surface area contributed by atoms with Gasteiger partial charge in [-0.2, -0.15) is 0 Å². The van der Waals surface area contributed by atoms with Gasteiger partial charge in [-0.15, -0.1) is 0 Å². The van der Waals surface area contributed by atoms with E-state index in [1.54, 1.807) is 6.20 Å². The molecule has 1 aromatic carbocycles. The Morgan fingerprint density at radius 3 is 2.50 bits per heavy atom. The Balaban J connectivity index is 1.55. The van der Waals surface area contributed by atoms with Crippen LogP contribution in [-0.4, -0.2) is 37.1 Å². The van der Waals surface area contributed by atoms with Crippen molar-refractivity contribution in [1.29, 1.82) is 0 Å². The number of benzene rings is 1. The highest BCUT2D eigenvalue weighted by Crippen LogP contribution is 2.22. The van der Waals surface area contributed by atoms with Crippen LogP contribution in [0.3, 0.4) is 0 Å². The van der Waals surface area contributed by atoms with Gasteiger partial charge in [-0.05, 0) is 36.2 Å². The van der Waals surface area contributed by atoms with Crippen LogP contribution in [0.1, 0.15) is 20.3 Å². The lowest BCUT2D eigenvalue weighted by Crippen LogP contribution is -2.46. The lowest BCUT2D eigenvalue weighted by Gasteiger charge is -2.36. The summed E-state index contributed by atoms with van der Waals surface area (Å²) in [6.07, 6.45) is 2.25. The number of carbonyl (C=O) groups is 1. The summed E-state index contributed by atoms with van der Waals surface area (Å²) in [5, 5.41) is 3.66. The lowest BCUT2D eigenvalue weighted by molar-refractivity contribution is -0.116. The predicted molar refractivity (Wildman–Crippen MR) is 108 cm³/mol. The van der Waals surface area contributed by atoms with E-state index in [4.69, 9.17) is 11.6 Å². The first-order chi connectivity index (χ1) is 12.5. The number of amides is 1. The standard InChI is InChI=1S/C20H25ClN4O/c1-15(2)12-20(26)23-17-6-7-19(22-14-17)25-10-8-24(9-11-25)18-5-3-4-16(21)13-18/h3-7,13-15H,8-12H2,1-2H3,(H,23,26). The first-order valence-electron chi connectivity index (χ1n) is 9.02. The molecule has 1 aliphatic rings. The van der Waals surface area contributed by atoms with Crippen LogP contribution in [0.5, 0.6) is 0 Å². The second-order valence-corrected chi connectivity index (χ2v) is 7.44. The third-order valence-electron chi connectivity index (χ3n) is 4.40. The molecule has 2 aromatic rings. The Labute approximate surface area is 160 Å². The molecule has 26 heavy (non-hydrogen) atoms. The summed E-state index contributed by atoms with van der Waals surface area (Å²) < 4.78 is 0. The molecular formula is C20H25ClN4O. The van der Waals surface area contributed by atoms with E-state index in [2.05, 4.69) is 26.2 Å². The summed E-state index contributed by atoms with van der Waals surface area (Å²) in [6, 6.07) is 11.9. The molecule has 5 nitrogen and oxygen atoms in total. The summed E-state index contributed by atoms with van der Waals surface area (Å²) in [5.41, 5.74) is 1.91. The van der Waals surface area contributed by atoms with Crippen LogP contribution in [0.4, 0.5) is 17.2 Å². The van der Waals surface area contributed by atoms with E-state index in [9.17, 15) is 4.79 Å². The van der Waals surface area contributed by atoms with Crippen molar-refractivity contribution in [3.8, 4) is 0 Å². The molecule has 0 saturated carbocycles. The number of nitrogens with zero attached hydrogens (tertiary/aromatic N) is 3. The summed E-state index contributed by atoms with van der Waals surface area (Å²) >= 11 is 6.09. The summed E-state index contributed by atoms with van der Waals surface area (Å²) in [7, 11) is 0. The Hall–Kier alpha value is -2.27. The second kappa shape index (κ2) is 8.41. The van der Waals surface area contributed by atoms with Crippen LogP contribution in [0.2, 0.25) is 5.02 Å². The molecule has 138 valence electrons. The summed E-state index contributed by atoms with van der Waals surface area (Å²) in [5.74, 6) is 1.32. The van der Waals surface area contributed by atoms with Crippen LogP contribution in [0.15, 0.2) is 42.6 Å². The van der Waals surface area contributed by atoms with E-state index in [1.807, 2.05) is 44.2 Å². The fraction of sp³-hybridized carbons (Fsp3) is 0.400. The molecule has 0 spiro atoms. The first-order valence-corrected chi connectivity index (χ1v) is 9.40. The minimum absolute atomic E-state index is 0.0321. The van der Waals surface area contributed by atoms with Gasteiger partial charge >= 0.3 is 0 Å². The van der Waals surface area contributed by atoms with E-state index in [1.165, 1.54) is 0 Å². The minimum atomic E-state index is 0.0321. The van der Waals surface area contributed by atoms with Crippen LogP contribution in [-0.2, 0) is 4.79 Å². The molecule has 1 amide bonds. The van der Waals surface area contributed by atoms with Crippen LogP contribution >= 0.6 is 11.6 Å². The Bertz CT molecular complexity index is 740. The van der Waals surface area contributed by atoms with Gasteiger partial charge in [0.2, 0.25) is 5.91 Å². The molecule has 0 atom stereocenters. The van der Waals surface area contributed by atoms with Crippen molar-refractivity contribution in [2.75, 3.05) is 41.3 Å². The van der Waals surface area contributed by atoms with Gasteiger partial charge in [0, 0.05) is 43.3 Å². The Morgan fingerprint density at radius 2 is 1.88 bits per heavy atom. The van der Waals surface area contributed by atoms with Gasteiger partial charge in [0.15, 0.2) is 0 Å². The third kappa shape index (κ3) is 4.88. The molecule has 0 aliphatic carbocycles. The molecule has 0 unspecified atom stereocenters. The Morgan fingerprint density at radius 1 is 1.15 bits per heavy atom. The van der Waals surface area contributed by atoms with Crippen LogP contribution in [0.25, 0.3) is 0 Å². The first kappa shape index (κ1) is 18.5. The van der Waals surface area contributed by atoms with Crippen molar-refractivity contribution < 1.29 is 4.79 Å². The van der Waals surface area contributed by atoms with E-state index in [0.717, 1.165) is 48.4 Å². The molecule has 1 fully saturated rings. The van der Waals surface area contributed by atoms with Crippen molar-refractivity contribution >= 4 is 34.7 Å². The fourth-order valence-electron chi connectivity index (χ4n) is 3.10. The fourth-order valence-corrected chi connectivity index (χ4v) is 3.28. The highest BCUT2D eigenvalue weighted by molar-refractivity contribution is 6.30. The zero-order chi connectivity index (χ0) is 18.5. The number of halogens is 1. The molecule has 1 N–H and O–H groups in total. The average molecular weight is 373 g/mol. The number of aromatic nitrogens is 1. The highest BCUT2D eigenvalue weighted by Gasteiger charge is 2.18. The number of hydrogen-bond acceptors (Lipinski definition) is 4. The molecule has 1 aliphatic heterocycles. The number of pyridine rings is 1. The zero-order valence-electron chi connectivity index (χ0n) is 15.3. The van der Waals surface area contributed by atoms with Crippen molar-refractivity contribution in [3.05, 3.63) is 47.6 Å². The molecule has 1 aromatic heterocycles. The van der Waals surface area contributed by atoms with Crippen molar-refractivity contribution in [1.82, 2.24) is 4.98 Å². The molecule has 6 heteroatoms. The van der Waals surface area contributed by atoms with E-state index < -0.39 is 0 Å². The quantitative estimate of drug-likeness (QED) is 0.860. The van der Waals surface area contributed by atoms with Gasteiger partial charge in [0.05, 0.1) is 11.9 Å². The number of nitrogens with one attached hydrogen (secondary N) is 1. The Kier molecular flexibility index (Phi) is 5.99. The second-order valence-electron chi connectivity index (χ2n) is 7.01. The predicted octanol–water partition coefficient (Wildman–Crippen LogP) is 4.05. The highest BCUT2D eigenvalue weighted by atomic mass is 35.5. The van der Waals surface area contributed by atoms with E-state index >= 15 is 0 Å². The monoisotopic (exact) mass is 372 g/mol. The number of rotatable bonds is 5. The molecule has 3 rings (SSSR count). The van der Waals surface area contributed by atoms with Gasteiger partial charge in [-0.3, -0.25) is 4.79 Å². The SMILES string of the molecule is CC(C)CC(=O)Nc1ccc(N2CCN(c3cccc(Cl)c3)CC2)nc1. The van der Waals surface area contributed by atoms with Crippen molar-refractivity contribution in [2.24, 2.45) is 5.92 Å². The van der Waals surface area contributed by atoms with Crippen molar-refractivity contribution in [2.45, 2.75) is 20.3 Å². The van der Waals surface area contributed by atoms with Crippen LogP contribution < -0.4 is 15.1 Å². The molecule has 0 radical (unpaired) electrons. The summed E-state index contributed by atoms with van der Waals surface area (Å²) in [4.78, 5) is 21.0. The van der Waals surface area contributed by atoms with Crippen LogP contribution in [0, 0.1) is 5.92 Å². The summed E-state index contributed by atoms with van der Waals surface area (Å²) in [6.45, 7) is 7.72. The number of piperazine rings is 1. The average Bonchev–Trinajstić information content (AvgIpc) is 2.62. The maximum atomic E-state index is 11.8. The lowest BCUT2D eigenvalue weighted by atomic mass is 10.1. The number of hydrogen-bond donors (Lipinski definition) is 1. The van der Waals surface area contributed by atoms with Crippen molar-refractivity contribution in [3.63, 3.8) is 0 Å². The zero-order valence-corrected chi connectivity index (χ0v) is 16.0. The van der Waals surface area contributed by atoms with Gasteiger partial charge in [0.1, 0.15) is 5.82 Å². The smallest absolute Gasteiger partial charge is 0.224 e. The molecule has 1 saturated heterocycles. The normalized spacial score (nSPS) is 14.6. The van der Waals surface area contributed by atoms with E-state index in [0.29, 0.717) is 12.3 Å². The van der Waals surface area contributed by atoms with Gasteiger partial charge in [-0.1, -0.05) is 31.5 Å². The van der Waals surface area contributed by atoms with E-state index in [-0.39, 0.29) is 5.91 Å². The third-order valence-corrected chi connectivity index (χ3v) is 4.64. The topological polar surface area (TPSA) is 48.5 Å². The largest absolute Gasteiger partial charge is 0.368 e.